The lowest BCUT2D eigenvalue weighted by Gasteiger charge is -2.13. The van der Waals surface area contributed by atoms with Gasteiger partial charge in [0.1, 0.15) is 5.06 Å². The molecule has 46 valence electrons. The quantitative estimate of drug-likeness (QED) is 0.458. The molecule has 2 bridgehead atoms. The number of hydrogen-bond acceptors (Lipinski definition) is 1. The molecular weight excluding hydrogens is 124 g/mol. The van der Waals surface area contributed by atoms with Crippen molar-refractivity contribution < 1.29 is 4.74 Å². The maximum Gasteiger partial charge on any atom is 0.142 e. The van der Waals surface area contributed by atoms with Crippen molar-refractivity contribution in [2.75, 3.05) is 0 Å². The molecule has 1 nitrogen and oxygen atoms in total. The lowest BCUT2D eigenvalue weighted by atomic mass is 10.0. The standard InChI is InChI=1S/C6H9ClO/c7-6-3-1-5(8-6)2-4-6/h5H,1-4H2. The van der Waals surface area contributed by atoms with Gasteiger partial charge in [-0.3, -0.25) is 0 Å². The second-order valence-electron chi connectivity index (χ2n) is 2.70. The minimum Gasteiger partial charge on any atom is -0.357 e. The molecule has 2 aliphatic rings. The molecule has 0 aromatic heterocycles. The van der Waals surface area contributed by atoms with E-state index in [0.717, 1.165) is 12.8 Å². The molecule has 0 unspecified atom stereocenters. The van der Waals surface area contributed by atoms with Crippen LogP contribution in [-0.4, -0.2) is 11.2 Å². The molecule has 0 amide bonds. The molecule has 0 aromatic rings. The first kappa shape index (κ1) is 5.07. The van der Waals surface area contributed by atoms with Gasteiger partial charge in [-0.05, 0) is 25.7 Å². The summed E-state index contributed by atoms with van der Waals surface area (Å²) in [5, 5.41) is -0.218. The van der Waals surface area contributed by atoms with Crippen molar-refractivity contribution in [3.05, 3.63) is 0 Å². The van der Waals surface area contributed by atoms with Crippen molar-refractivity contribution in [2.45, 2.75) is 36.8 Å². The van der Waals surface area contributed by atoms with E-state index in [0.29, 0.717) is 6.10 Å². The zero-order chi connectivity index (χ0) is 5.61. The van der Waals surface area contributed by atoms with E-state index in [2.05, 4.69) is 0 Å². The highest BCUT2D eigenvalue weighted by atomic mass is 35.5. The zero-order valence-electron chi connectivity index (χ0n) is 4.69. The molecule has 2 heterocycles. The monoisotopic (exact) mass is 132 g/mol. The number of halogens is 1. The van der Waals surface area contributed by atoms with Crippen LogP contribution in [0.2, 0.25) is 0 Å². The third-order valence-corrected chi connectivity index (χ3v) is 2.52. The van der Waals surface area contributed by atoms with Crippen molar-refractivity contribution >= 4 is 11.6 Å². The van der Waals surface area contributed by atoms with Gasteiger partial charge in [0.2, 0.25) is 0 Å². The Kier molecular flexibility index (Phi) is 0.884. The van der Waals surface area contributed by atoms with E-state index in [1.165, 1.54) is 12.8 Å². The van der Waals surface area contributed by atoms with E-state index < -0.39 is 0 Å². The summed E-state index contributed by atoms with van der Waals surface area (Å²) in [5.41, 5.74) is 0. The highest BCUT2D eigenvalue weighted by molar-refractivity contribution is 6.23. The molecule has 0 aromatic carbocycles. The molecule has 2 heteroatoms. The van der Waals surface area contributed by atoms with Gasteiger partial charge in [-0.2, -0.15) is 0 Å². The summed E-state index contributed by atoms with van der Waals surface area (Å²) >= 11 is 5.97. The molecule has 0 N–H and O–H groups in total. The second kappa shape index (κ2) is 1.39. The molecule has 2 saturated heterocycles. The summed E-state index contributed by atoms with van der Waals surface area (Å²) in [7, 11) is 0. The van der Waals surface area contributed by atoms with Gasteiger partial charge in [0.05, 0.1) is 6.10 Å². The summed E-state index contributed by atoms with van der Waals surface area (Å²) < 4.78 is 5.43. The number of ether oxygens (including phenoxy) is 1. The highest BCUT2D eigenvalue weighted by Crippen LogP contribution is 2.45. The lowest BCUT2D eigenvalue weighted by Crippen LogP contribution is -2.13. The SMILES string of the molecule is ClC12CCC(CC1)O2. The summed E-state index contributed by atoms with van der Waals surface area (Å²) in [6, 6.07) is 0. The van der Waals surface area contributed by atoms with Crippen LogP contribution >= 0.6 is 11.6 Å². The fraction of sp³-hybridized carbons (Fsp3) is 1.00. The molecule has 2 aliphatic heterocycles. The van der Waals surface area contributed by atoms with Crippen LogP contribution in [0.3, 0.4) is 0 Å². The van der Waals surface area contributed by atoms with Crippen LogP contribution in [-0.2, 0) is 4.74 Å². The van der Waals surface area contributed by atoms with Crippen molar-refractivity contribution in [3.8, 4) is 0 Å². The Labute approximate surface area is 54.0 Å². The Hall–Kier alpha value is 0.250. The lowest BCUT2D eigenvalue weighted by molar-refractivity contribution is 0.0757. The third kappa shape index (κ3) is 0.579. The van der Waals surface area contributed by atoms with E-state index in [9.17, 15) is 0 Å². The number of fused-ring (bicyclic) bond motifs is 2. The largest absolute Gasteiger partial charge is 0.357 e. The van der Waals surface area contributed by atoms with Crippen LogP contribution in [0.1, 0.15) is 25.7 Å². The average molecular weight is 133 g/mol. The van der Waals surface area contributed by atoms with Gasteiger partial charge in [0.15, 0.2) is 0 Å². The minimum absolute atomic E-state index is 0.218. The maximum absolute atomic E-state index is 5.97. The van der Waals surface area contributed by atoms with Gasteiger partial charge in [0.25, 0.3) is 0 Å². The Morgan fingerprint density at radius 2 is 2.00 bits per heavy atom. The number of hydrogen-bond donors (Lipinski definition) is 0. The van der Waals surface area contributed by atoms with Gasteiger partial charge < -0.3 is 4.74 Å². The van der Waals surface area contributed by atoms with Crippen molar-refractivity contribution in [1.29, 1.82) is 0 Å². The van der Waals surface area contributed by atoms with E-state index in [-0.39, 0.29) is 5.06 Å². The van der Waals surface area contributed by atoms with E-state index >= 15 is 0 Å². The predicted octanol–water partition coefficient (Wildman–Crippen LogP) is 1.89. The number of rotatable bonds is 0. The first-order valence-corrected chi connectivity index (χ1v) is 3.53. The fourth-order valence-corrected chi connectivity index (χ4v) is 1.90. The molecule has 2 fully saturated rings. The van der Waals surface area contributed by atoms with Gasteiger partial charge >= 0.3 is 0 Å². The van der Waals surface area contributed by atoms with Crippen LogP contribution in [0.25, 0.3) is 0 Å². The topological polar surface area (TPSA) is 9.23 Å². The van der Waals surface area contributed by atoms with Crippen LogP contribution in [0.4, 0.5) is 0 Å². The average Bonchev–Trinajstić information content (AvgIpc) is 2.21. The molecule has 0 saturated carbocycles. The van der Waals surface area contributed by atoms with E-state index in [1.54, 1.807) is 0 Å². The summed E-state index contributed by atoms with van der Waals surface area (Å²) in [4.78, 5) is 0. The van der Waals surface area contributed by atoms with Gasteiger partial charge in [-0.1, -0.05) is 11.6 Å². The molecule has 0 radical (unpaired) electrons. The Bertz CT molecular complexity index is 105. The molecule has 8 heavy (non-hydrogen) atoms. The molecular formula is C6H9ClO. The third-order valence-electron chi connectivity index (χ3n) is 2.06. The normalized spacial score (nSPS) is 52.9. The molecule has 2 rings (SSSR count). The Morgan fingerprint density at radius 3 is 2.12 bits per heavy atom. The molecule has 0 atom stereocenters. The van der Waals surface area contributed by atoms with Gasteiger partial charge in [0, 0.05) is 0 Å². The van der Waals surface area contributed by atoms with Gasteiger partial charge in [-0.15, -0.1) is 0 Å². The highest BCUT2D eigenvalue weighted by Gasteiger charge is 2.44. The summed E-state index contributed by atoms with van der Waals surface area (Å²) in [5.74, 6) is 0. The van der Waals surface area contributed by atoms with Crippen LogP contribution in [0, 0.1) is 0 Å². The first-order chi connectivity index (χ1) is 3.79. The zero-order valence-corrected chi connectivity index (χ0v) is 5.45. The van der Waals surface area contributed by atoms with Crippen LogP contribution < -0.4 is 0 Å². The fourth-order valence-electron chi connectivity index (χ4n) is 1.56. The molecule has 0 spiro atoms. The van der Waals surface area contributed by atoms with Crippen LogP contribution in [0.5, 0.6) is 0 Å². The Morgan fingerprint density at radius 1 is 1.38 bits per heavy atom. The van der Waals surface area contributed by atoms with Crippen molar-refractivity contribution in [1.82, 2.24) is 0 Å². The number of alkyl halides is 1. The smallest absolute Gasteiger partial charge is 0.142 e. The predicted molar refractivity (Wildman–Crippen MR) is 31.9 cm³/mol. The second-order valence-corrected chi connectivity index (χ2v) is 3.39. The first-order valence-electron chi connectivity index (χ1n) is 3.15. The maximum atomic E-state index is 5.97. The van der Waals surface area contributed by atoms with E-state index in [4.69, 9.17) is 16.3 Å². The summed E-state index contributed by atoms with van der Waals surface area (Å²) in [6.07, 6.45) is 5.01. The van der Waals surface area contributed by atoms with Crippen molar-refractivity contribution in [3.63, 3.8) is 0 Å². The summed E-state index contributed by atoms with van der Waals surface area (Å²) in [6.45, 7) is 0. The minimum atomic E-state index is -0.218. The van der Waals surface area contributed by atoms with E-state index in [1.807, 2.05) is 0 Å². The van der Waals surface area contributed by atoms with Crippen molar-refractivity contribution in [2.24, 2.45) is 0 Å². The van der Waals surface area contributed by atoms with Gasteiger partial charge in [-0.25, -0.2) is 0 Å². The van der Waals surface area contributed by atoms with Crippen LogP contribution in [0.15, 0.2) is 0 Å². The molecule has 0 aliphatic carbocycles. The Balaban J connectivity index is 2.19.